The number of carbonyl (C=O) groups excluding carboxylic acids is 1. The number of anilines is 1. The molecule has 0 aliphatic carbocycles. The predicted molar refractivity (Wildman–Crippen MR) is 142 cm³/mol. The van der Waals surface area contributed by atoms with Gasteiger partial charge in [0.25, 0.3) is 0 Å². The molecule has 2 heterocycles. The molecule has 8 heteroatoms. The van der Waals surface area contributed by atoms with Gasteiger partial charge in [0, 0.05) is 28.7 Å². The van der Waals surface area contributed by atoms with Crippen LogP contribution in [0, 0.1) is 11.3 Å². The SMILES string of the molecule is CCn1c(SCC(=O)Nc2cccc(C#N)c2)nnc1-c1cc(-c2ccccc2)nc2ccccc12. The molecule has 0 atom stereocenters. The second kappa shape index (κ2) is 10.4. The molecular weight excluding hydrogens is 468 g/mol. The Labute approximate surface area is 212 Å². The average molecular weight is 491 g/mol. The number of hydrogen-bond acceptors (Lipinski definition) is 6. The van der Waals surface area contributed by atoms with Gasteiger partial charge in [0.1, 0.15) is 0 Å². The van der Waals surface area contributed by atoms with Gasteiger partial charge in [-0.25, -0.2) is 4.98 Å². The molecular formula is C28H22N6OS. The van der Waals surface area contributed by atoms with Gasteiger partial charge in [0.2, 0.25) is 5.91 Å². The van der Waals surface area contributed by atoms with Gasteiger partial charge >= 0.3 is 0 Å². The lowest BCUT2D eigenvalue weighted by molar-refractivity contribution is -0.113. The molecule has 0 unspecified atom stereocenters. The fourth-order valence-corrected chi connectivity index (χ4v) is 4.79. The first kappa shape index (κ1) is 23.3. The maximum Gasteiger partial charge on any atom is 0.234 e. The number of aromatic nitrogens is 4. The summed E-state index contributed by atoms with van der Waals surface area (Å²) in [6.45, 7) is 2.68. The summed E-state index contributed by atoms with van der Waals surface area (Å²) in [5.74, 6) is 0.724. The van der Waals surface area contributed by atoms with Crippen LogP contribution >= 0.6 is 11.8 Å². The van der Waals surface area contributed by atoms with Crippen molar-refractivity contribution in [3.63, 3.8) is 0 Å². The van der Waals surface area contributed by atoms with Crippen LogP contribution in [0.5, 0.6) is 0 Å². The Hall–Kier alpha value is -4.48. The zero-order chi connectivity index (χ0) is 24.9. The van der Waals surface area contributed by atoms with Gasteiger partial charge in [0.15, 0.2) is 11.0 Å². The van der Waals surface area contributed by atoms with Crippen molar-refractivity contribution in [2.75, 3.05) is 11.1 Å². The van der Waals surface area contributed by atoms with Crippen molar-refractivity contribution in [3.8, 4) is 28.7 Å². The Morgan fingerprint density at radius 3 is 2.61 bits per heavy atom. The van der Waals surface area contributed by atoms with Crippen molar-refractivity contribution >= 4 is 34.3 Å². The normalized spacial score (nSPS) is 10.8. The van der Waals surface area contributed by atoms with E-state index in [0.717, 1.165) is 33.5 Å². The van der Waals surface area contributed by atoms with E-state index in [4.69, 9.17) is 10.2 Å². The molecule has 36 heavy (non-hydrogen) atoms. The number of fused-ring (bicyclic) bond motifs is 1. The van der Waals surface area contributed by atoms with Crippen molar-refractivity contribution < 1.29 is 4.79 Å². The van der Waals surface area contributed by atoms with E-state index in [9.17, 15) is 4.79 Å². The van der Waals surface area contributed by atoms with Crippen LogP contribution in [0.4, 0.5) is 5.69 Å². The second-order valence-electron chi connectivity index (χ2n) is 8.02. The number of nitrogens with one attached hydrogen (secondary N) is 1. The van der Waals surface area contributed by atoms with Gasteiger partial charge in [-0.05, 0) is 37.3 Å². The van der Waals surface area contributed by atoms with Crippen LogP contribution in [0.15, 0.2) is 90.1 Å². The molecule has 0 saturated carbocycles. The van der Waals surface area contributed by atoms with E-state index in [0.29, 0.717) is 23.0 Å². The van der Waals surface area contributed by atoms with Crippen LogP contribution in [-0.4, -0.2) is 31.4 Å². The summed E-state index contributed by atoms with van der Waals surface area (Å²) in [7, 11) is 0. The fraction of sp³-hybridized carbons (Fsp3) is 0.107. The average Bonchev–Trinajstić information content (AvgIpc) is 3.34. The summed E-state index contributed by atoms with van der Waals surface area (Å²) in [6.07, 6.45) is 0. The third-order valence-corrected chi connectivity index (χ3v) is 6.63. The summed E-state index contributed by atoms with van der Waals surface area (Å²) in [4.78, 5) is 17.4. The predicted octanol–water partition coefficient (Wildman–Crippen LogP) is 5.78. The van der Waals surface area contributed by atoms with Gasteiger partial charge < -0.3 is 9.88 Å². The first-order valence-electron chi connectivity index (χ1n) is 11.5. The molecule has 1 amide bonds. The van der Waals surface area contributed by atoms with Gasteiger partial charge in [-0.15, -0.1) is 10.2 Å². The fourth-order valence-electron chi connectivity index (χ4n) is 3.99. The van der Waals surface area contributed by atoms with E-state index in [-0.39, 0.29) is 11.7 Å². The number of para-hydroxylation sites is 1. The molecule has 0 aliphatic heterocycles. The van der Waals surface area contributed by atoms with Crippen molar-refractivity contribution in [2.45, 2.75) is 18.6 Å². The molecule has 1 N–H and O–H groups in total. The number of carbonyl (C=O) groups is 1. The highest BCUT2D eigenvalue weighted by Crippen LogP contribution is 2.33. The number of nitrogens with zero attached hydrogens (tertiary/aromatic N) is 5. The maximum atomic E-state index is 12.6. The first-order valence-corrected chi connectivity index (χ1v) is 12.5. The molecule has 0 aliphatic rings. The number of benzene rings is 3. The molecule has 0 saturated heterocycles. The number of amides is 1. The third kappa shape index (κ3) is 4.83. The molecule has 0 radical (unpaired) electrons. The van der Waals surface area contributed by atoms with Gasteiger partial charge in [0.05, 0.1) is 28.6 Å². The zero-order valence-corrected chi connectivity index (χ0v) is 20.4. The van der Waals surface area contributed by atoms with Crippen molar-refractivity contribution in [1.82, 2.24) is 19.7 Å². The van der Waals surface area contributed by atoms with E-state index in [1.165, 1.54) is 11.8 Å². The first-order chi connectivity index (χ1) is 17.7. The topological polar surface area (TPSA) is 96.5 Å². The van der Waals surface area contributed by atoms with Gasteiger partial charge in [-0.2, -0.15) is 5.26 Å². The Bertz CT molecular complexity index is 1590. The number of thioether (sulfide) groups is 1. The largest absolute Gasteiger partial charge is 0.325 e. The molecule has 2 aromatic heterocycles. The molecule has 3 aromatic carbocycles. The Morgan fingerprint density at radius 2 is 1.81 bits per heavy atom. The van der Waals surface area contributed by atoms with Crippen LogP contribution < -0.4 is 5.32 Å². The Balaban J connectivity index is 1.44. The number of nitriles is 1. The lowest BCUT2D eigenvalue weighted by Crippen LogP contribution is -2.14. The standard InChI is InChI=1S/C28H22N6OS/c1-2-34-27(32-33-28(34)36-18-26(35)30-21-12-8-9-19(15-21)17-29)23-16-25(20-10-4-3-5-11-20)31-24-14-7-6-13-22(23)24/h3-16H,2,18H2,1H3,(H,30,35). The Morgan fingerprint density at radius 1 is 1.00 bits per heavy atom. The Kier molecular flexibility index (Phi) is 6.74. The quantitative estimate of drug-likeness (QED) is 0.290. The van der Waals surface area contributed by atoms with Crippen LogP contribution in [0.2, 0.25) is 0 Å². The molecule has 0 fully saturated rings. The van der Waals surface area contributed by atoms with E-state index in [1.54, 1.807) is 24.3 Å². The van der Waals surface area contributed by atoms with Crippen LogP contribution in [0.3, 0.4) is 0 Å². The van der Waals surface area contributed by atoms with Crippen molar-refractivity contribution in [2.24, 2.45) is 0 Å². The van der Waals surface area contributed by atoms with E-state index >= 15 is 0 Å². The highest BCUT2D eigenvalue weighted by molar-refractivity contribution is 7.99. The van der Waals surface area contributed by atoms with Gasteiger partial charge in [-0.1, -0.05) is 66.4 Å². The zero-order valence-electron chi connectivity index (χ0n) is 19.5. The van der Waals surface area contributed by atoms with Gasteiger partial charge in [-0.3, -0.25) is 4.79 Å². The van der Waals surface area contributed by atoms with Crippen molar-refractivity contribution in [1.29, 1.82) is 5.26 Å². The van der Waals surface area contributed by atoms with E-state index in [1.807, 2.05) is 66.1 Å². The summed E-state index contributed by atoms with van der Waals surface area (Å²) in [5, 5.41) is 22.5. The lowest BCUT2D eigenvalue weighted by Gasteiger charge is -2.12. The highest BCUT2D eigenvalue weighted by Gasteiger charge is 2.18. The van der Waals surface area contributed by atoms with E-state index < -0.39 is 0 Å². The van der Waals surface area contributed by atoms with Crippen LogP contribution in [-0.2, 0) is 11.3 Å². The molecule has 176 valence electrons. The summed E-state index contributed by atoms with van der Waals surface area (Å²) < 4.78 is 2.02. The highest BCUT2D eigenvalue weighted by atomic mass is 32.2. The minimum Gasteiger partial charge on any atom is -0.325 e. The van der Waals surface area contributed by atoms with E-state index in [2.05, 4.69) is 27.6 Å². The van der Waals surface area contributed by atoms with Crippen LogP contribution in [0.25, 0.3) is 33.5 Å². The number of hydrogen-bond donors (Lipinski definition) is 1. The monoisotopic (exact) mass is 490 g/mol. The summed E-state index contributed by atoms with van der Waals surface area (Å²) >= 11 is 1.33. The van der Waals surface area contributed by atoms with Crippen molar-refractivity contribution in [3.05, 3.63) is 90.5 Å². The lowest BCUT2D eigenvalue weighted by atomic mass is 10.0. The molecule has 0 spiro atoms. The second-order valence-corrected chi connectivity index (χ2v) is 8.96. The molecule has 5 aromatic rings. The molecule has 5 rings (SSSR count). The minimum atomic E-state index is -0.178. The minimum absolute atomic E-state index is 0.168. The molecule has 7 nitrogen and oxygen atoms in total. The smallest absolute Gasteiger partial charge is 0.234 e. The van der Waals surface area contributed by atoms with Crippen LogP contribution in [0.1, 0.15) is 12.5 Å². The third-order valence-electron chi connectivity index (χ3n) is 5.67. The molecule has 0 bridgehead atoms. The maximum absolute atomic E-state index is 12.6. The number of rotatable bonds is 7. The number of pyridine rings is 1. The summed E-state index contributed by atoms with van der Waals surface area (Å²) in [6, 6.07) is 29.0. The summed E-state index contributed by atoms with van der Waals surface area (Å²) in [5.41, 5.74) is 4.80.